The standard InChI is InChI=1S/C21H18F3N5O6S/c1-28-6-16-19(18(28)20(30)26-11-2-12(22)17(24)13(23)3-11)35-7-10-4-29(5-14(10)27-36(16,32)33)21(31)15-8-34-9-25-15/h2-3,6,8-10,14,27H,4-5,7H2,1H3,(H,26,30)/t10-,14?/m0/s1. The van der Waals surface area contributed by atoms with Gasteiger partial charge >= 0.3 is 0 Å². The van der Waals surface area contributed by atoms with E-state index in [1.165, 1.54) is 22.8 Å². The fraction of sp³-hybridized carbons (Fsp3) is 0.286. The predicted octanol–water partition coefficient (Wildman–Crippen LogP) is 1.49. The molecule has 36 heavy (non-hydrogen) atoms. The van der Waals surface area contributed by atoms with Crippen molar-refractivity contribution in [2.24, 2.45) is 13.0 Å². The van der Waals surface area contributed by atoms with Crippen molar-refractivity contribution in [3.63, 3.8) is 0 Å². The van der Waals surface area contributed by atoms with E-state index in [1.807, 2.05) is 0 Å². The molecule has 1 saturated heterocycles. The third kappa shape index (κ3) is 4.09. The number of amides is 2. The van der Waals surface area contributed by atoms with Gasteiger partial charge in [0.2, 0.25) is 10.0 Å². The molecule has 0 radical (unpaired) electrons. The number of oxazole rings is 1. The number of nitrogens with zero attached hydrogens (tertiary/aromatic N) is 3. The van der Waals surface area contributed by atoms with E-state index in [9.17, 15) is 31.2 Å². The molecule has 0 aliphatic carbocycles. The number of carbonyl (C=O) groups excluding carboxylic acids is 2. The van der Waals surface area contributed by atoms with E-state index in [-0.39, 0.29) is 47.4 Å². The van der Waals surface area contributed by atoms with Crippen molar-refractivity contribution in [1.29, 1.82) is 0 Å². The van der Waals surface area contributed by atoms with Crippen LogP contribution in [0.4, 0.5) is 18.9 Å². The molecule has 1 unspecified atom stereocenters. The number of halogens is 3. The quantitative estimate of drug-likeness (QED) is 0.495. The summed E-state index contributed by atoms with van der Waals surface area (Å²) in [6, 6.07) is 0.513. The van der Waals surface area contributed by atoms with Crippen molar-refractivity contribution < 1.29 is 40.3 Å². The number of benzene rings is 1. The largest absolute Gasteiger partial charge is 0.489 e. The summed E-state index contributed by atoms with van der Waals surface area (Å²) in [6.45, 7) is 0.166. The molecular weight excluding hydrogens is 507 g/mol. The van der Waals surface area contributed by atoms with Gasteiger partial charge in [0, 0.05) is 56.1 Å². The highest BCUT2D eigenvalue weighted by molar-refractivity contribution is 7.89. The van der Waals surface area contributed by atoms with E-state index >= 15 is 0 Å². The number of aromatic nitrogens is 2. The topological polar surface area (TPSA) is 136 Å². The lowest BCUT2D eigenvalue weighted by molar-refractivity contribution is 0.0776. The van der Waals surface area contributed by atoms with Crippen LogP contribution in [0.15, 0.2) is 40.3 Å². The zero-order chi connectivity index (χ0) is 25.8. The molecule has 190 valence electrons. The maximum absolute atomic E-state index is 13.6. The fourth-order valence-corrected chi connectivity index (χ4v) is 5.75. The van der Waals surface area contributed by atoms with Crippen molar-refractivity contribution in [1.82, 2.24) is 19.2 Å². The van der Waals surface area contributed by atoms with E-state index in [0.717, 1.165) is 12.6 Å². The third-order valence-electron chi connectivity index (χ3n) is 5.98. The van der Waals surface area contributed by atoms with Crippen LogP contribution in [0.5, 0.6) is 5.75 Å². The molecule has 11 nitrogen and oxygen atoms in total. The normalized spacial score (nSPS) is 20.6. The number of rotatable bonds is 3. The van der Waals surface area contributed by atoms with E-state index in [2.05, 4.69) is 15.0 Å². The summed E-state index contributed by atoms with van der Waals surface area (Å²) in [7, 11) is -2.81. The van der Waals surface area contributed by atoms with Crippen LogP contribution >= 0.6 is 0 Å². The molecule has 2 N–H and O–H groups in total. The molecule has 2 amide bonds. The summed E-state index contributed by atoms with van der Waals surface area (Å²) < 4.78 is 81.1. The number of carbonyl (C=O) groups is 2. The lowest BCUT2D eigenvalue weighted by Crippen LogP contribution is -2.43. The molecule has 2 aliphatic rings. The van der Waals surface area contributed by atoms with E-state index in [1.54, 1.807) is 0 Å². The summed E-state index contributed by atoms with van der Waals surface area (Å²) in [5.41, 5.74) is -0.548. The molecule has 0 bridgehead atoms. The summed E-state index contributed by atoms with van der Waals surface area (Å²) in [5.74, 6) is -6.82. The monoisotopic (exact) mass is 525 g/mol. The van der Waals surface area contributed by atoms with Crippen LogP contribution in [-0.2, 0) is 17.1 Å². The lowest BCUT2D eigenvalue weighted by atomic mass is 10.1. The maximum Gasteiger partial charge on any atom is 0.276 e. The number of fused-ring (bicyclic) bond motifs is 2. The number of hydrogen-bond donors (Lipinski definition) is 2. The first-order chi connectivity index (χ1) is 17.0. The number of anilines is 1. The first-order valence-corrected chi connectivity index (χ1v) is 12.0. The number of nitrogens with one attached hydrogen (secondary N) is 2. The van der Waals surface area contributed by atoms with Gasteiger partial charge in [-0.15, -0.1) is 0 Å². The molecule has 2 atom stereocenters. The van der Waals surface area contributed by atoms with Crippen molar-refractivity contribution in [2.45, 2.75) is 10.9 Å². The Balaban J connectivity index is 1.42. The maximum atomic E-state index is 13.6. The van der Waals surface area contributed by atoms with Crippen LogP contribution < -0.4 is 14.8 Å². The fourth-order valence-electron chi connectivity index (χ4n) is 4.26. The number of ether oxygens (including phenoxy) is 1. The molecule has 3 aromatic rings. The second-order valence-electron chi connectivity index (χ2n) is 8.37. The molecule has 2 aromatic heterocycles. The van der Waals surface area contributed by atoms with Gasteiger partial charge in [-0.2, -0.15) is 0 Å². The summed E-state index contributed by atoms with van der Waals surface area (Å²) in [5, 5.41) is 2.22. The van der Waals surface area contributed by atoms with Crippen LogP contribution in [0, 0.1) is 23.4 Å². The van der Waals surface area contributed by atoms with Gasteiger partial charge in [0.05, 0.1) is 6.61 Å². The molecule has 4 heterocycles. The minimum atomic E-state index is -4.20. The summed E-state index contributed by atoms with van der Waals surface area (Å²) in [4.78, 5) is 30.5. The second-order valence-corrected chi connectivity index (χ2v) is 10.1. The Morgan fingerprint density at radius 2 is 1.92 bits per heavy atom. The van der Waals surface area contributed by atoms with Crippen LogP contribution in [-0.4, -0.2) is 60.4 Å². The average molecular weight is 525 g/mol. The predicted molar refractivity (Wildman–Crippen MR) is 115 cm³/mol. The Kier molecular flexibility index (Phi) is 5.75. The first-order valence-electron chi connectivity index (χ1n) is 10.5. The molecule has 15 heteroatoms. The van der Waals surface area contributed by atoms with Crippen LogP contribution in [0.2, 0.25) is 0 Å². The molecular formula is C21H18F3N5O6S. The van der Waals surface area contributed by atoms with Gasteiger partial charge in [0.15, 0.2) is 41.0 Å². The summed E-state index contributed by atoms with van der Waals surface area (Å²) in [6.07, 6.45) is 3.45. The first kappa shape index (κ1) is 23.9. The van der Waals surface area contributed by atoms with E-state index in [4.69, 9.17) is 9.15 Å². The zero-order valence-corrected chi connectivity index (χ0v) is 19.3. The highest BCUT2D eigenvalue weighted by atomic mass is 32.2. The number of likely N-dealkylation sites (tertiary alicyclic amines) is 1. The van der Waals surface area contributed by atoms with Crippen molar-refractivity contribution in [2.75, 3.05) is 25.0 Å². The van der Waals surface area contributed by atoms with Gasteiger partial charge in [-0.1, -0.05) is 0 Å². The minimum absolute atomic E-state index is 0.0487. The van der Waals surface area contributed by atoms with Crippen LogP contribution in [0.1, 0.15) is 21.0 Å². The number of hydrogen-bond acceptors (Lipinski definition) is 7. The molecule has 1 fully saturated rings. The minimum Gasteiger partial charge on any atom is -0.489 e. The van der Waals surface area contributed by atoms with E-state index < -0.39 is 51.2 Å². The van der Waals surface area contributed by atoms with Crippen molar-refractivity contribution >= 4 is 27.5 Å². The molecule has 1 aromatic carbocycles. The molecule has 0 spiro atoms. The van der Waals surface area contributed by atoms with Crippen LogP contribution in [0.3, 0.4) is 0 Å². The Hall–Kier alpha value is -3.85. The van der Waals surface area contributed by atoms with Gasteiger partial charge in [-0.25, -0.2) is 31.3 Å². The van der Waals surface area contributed by atoms with Gasteiger partial charge in [-0.05, 0) is 0 Å². The highest BCUT2D eigenvalue weighted by Crippen LogP contribution is 2.35. The molecule has 0 saturated carbocycles. The smallest absolute Gasteiger partial charge is 0.276 e. The Bertz CT molecular complexity index is 1450. The second kappa shape index (κ2) is 8.67. The lowest BCUT2D eigenvalue weighted by Gasteiger charge is -2.23. The molecule has 2 aliphatic heterocycles. The van der Waals surface area contributed by atoms with Gasteiger partial charge in [-0.3, -0.25) is 9.59 Å². The van der Waals surface area contributed by atoms with Gasteiger partial charge < -0.3 is 23.9 Å². The zero-order valence-electron chi connectivity index (χ0n) is 18.5. The number of aryl methyl sites for hydroxylation is 1. The Morgan fingerprint density at radius 3 is 2.58 bits per heavy atom. The molecule has 5 rings (SSSR count). The van der Waals surface area contributed by atoms with E-state index in [0.29, 0.717) is 12.1 Å². The highest BCUT2D eigenvalue weighted by Gasteiger charge is 2.42. The van der Waals surface area contributed by atoms with Gasteiger partial charge in [0.25, 0.3) is 11.8 Å². The Labute approximate surface area is 201 Å². The SMILES string of the molecule is Cn1cc2c(c1C(=O)Nc1cc(F)c(F)c(F)c1)OC[C@@H]1CN(C(=O)c3cocn3)CC1NS2(=O)=O. The third-order valence-corrected chi connectivity index (χ3v) is 7.46. The van der Waals surface area contributed by atoms with Crippen molar-refractivity contribution in [3.05, 3.63) is 59.8 Å². The number of sulfonamides is 1. The van der Waals surface area contributed by atoms with Crippen molar-refractivity contribution in [3.8, 4) is 5.75 Å². The Morgan fingerprint density at radius 1 is 1.19 bits per heavy atom. The summed E-state index contributed by atoms with van der Waals surface area (Å²) >= 11 is 0. The average Bonchev–Trinajstić information content (AvgIpc) is 3.54. The van der Waals surface area contributed by atoms with Crippen LogP contribution in [0.25, 0.3) is 0 Å². The van der Waals surface area contributed by atoms with Gasteiger partial charge in [0.1, 0.15) is 11.2 Å².